The zero-order chi connectivity index (χ0) is 24.4. The van der Waals surface area contributed by atoms with Crippen LogP contribution in [0.2, 0.25) is 0 Å². The van der Waals surface area contributed by atoms with E-state index in [4.69, 9.17) is 0 Å². The summed E-state index contributed by atoms with van der Waals surface area (Å²) in [4.78, 5) is 25.2. The van der Waals surface area contributed by atoms with Gasteiger partial charge in [0.05, 0.1) is 4.90 Å². The number of nitrogens with zero attached hydrogens (tertiary/aromatic N) is 5. The number of benzene rings is 2. The van der Waals surface area contributed by atoms with Gasteiger partial charge in [0.1, 0.15) is 6.04 Å². The van der Waals surface area contributed by atoms with Crippen molar-refractivity contribution in [2.75, 3.05) is 35.8 Å². The van der Waals surface area contributed by atoms with Crippen LogP contribution in [0, 0.1) is 0 Å². The number of rotatable bonds is 6. The molecule has 1 atom stereocenters. The average molecular weight is 493 g/mol. The third kappa shape index (κ3) is 4.69. The van der Waals surface area contributed by atoms with Crippen LogP contribution in [0.15, 0.2) is 84.1 Å². The number of nitrogens with one attached hydrogen (secondary N) is 1. The summed E-state index contributed by atoms with van der Waals surface area (Å²) >= 11 is 0. The molecule has 9 nitrogen and oxygen atoms in total. The molecule has 4 aromatic rings. The van der Waals surface area contributed by atoms with Crippen LogP contribution in [-0.2, 0) is 14.8 Å². The molecule has 5 rings (SSSR count). The Balaban J connectivity index is 0.00000304. The fourth-order valence-corrected chi connectivity index (χ4v) is 5.34. The Morgan fingerprint density at radius 2 is 1.63 bits per heavy atom. The summed E-state index contributed by atoms with van der Waals surface area (Å²) in [6.45, 7) is 4.50. The predicted molar refractivity (Wildman–Crippen MR) is 137 cm³/mol. The predicted octanol–water partition coefficient (Wildman–Crippen LogP) is 3.39. The molecule has 0 saturated carbocycles. The summed E-state index contributed by atoms with van der Waals surface area (Å²) < 4.78 is 29.6. The van der Waals surface area contributed by atoms with E-state index in [-0.39, 0.29) is 24.2 Å². The van der Waals surface area contributed by atoms with Crippen molar-refractivity contribution in [3.8, 4) is 0 Å². The number of sulfonamides is 1. The highest BCUT2D eigenvalue weighted by atomic mass is 32.2. The Morgan fingerprint density at radius 3 is 2.34 bits per heavy atom. The van der Waals surface area contributed by atoms with Gasteiger partial charge in [0.15, 0.2) is 0 Å². The molecule has 1 N–H and O–H groups in total. The van der Waals surface area contributed by atoms with Crippen molar-refractivity contribution in [1.29, 1.82) is 0 Å². The molecule has 0 aliphatic carbocycles. The minimum Gasteiger partial charge on any atom is -0.368 e. The summed E-state index contributed by atoms with van der Waals surface area (Å²) in [5, 5.41) is 1.12. The Labute approximate surface area is 205 Å². The fourth-order valence-electron chi connectivity index (χ4n) is 4.38. The first-order valence-electron chi connectivity index (χ1n) is 11.4. The van der Waals surface area contributed by atoms with Crippen LogP contribution in [0.3, 0.4) is 0 Å². The number of anilines is 2. The number of aromatic nitrogens is 3. The van der Waals surface area contributed by atoms with Gasteiger partial charge in [-0.2, -0.15) is 0 Å². The van der Waals surface area contributed by atoms with Crippen LogP contribution >= 0.6 is 0 Å². The number of amides is 1. The highest BCUT2D eigenvalue weighted by Gasteiger charge is 2.26. The van der Waals surface area contributed by atoms with E-state index in [1.54, 1.807) is 30.3 Å². The maximum atomic E-state index is 13.2. The normalized spacial score (nSPS) is 15.2. The topological polar surface area (TPSA) is 100 Å². The molecule has 0 unspecified atom stereocenters. The van der Waals surface area contributed by atoms with Gasteiger partial charge in [-0.05, 0) is 54.8 Å². The molecule has 1 saturated heterocycles. The first-order valence-corrected chi connectivity index (χ1v) is 12.9. The first kappa shape index (κ1) is 22.9. The molecule has 1 aliphatic rings. The Hall–Kier alpha value is -3.92. The van der Waals surface area contributed by atoms with E-state index >= 15 is 0 Å². The van der Waals surface area contributed by atoms with Crippen molar-refractivity contribution < 1.29 is 14.6 Å². The highest BCUT2D eigenvalue weighted by molar-refractivity contribution is 7.92. The third-order valence-electron chi connectivity index (χ3n) is 6.30. The number of hydrogen-bond acceptors (Lipinski definition) is 6. The second-order valence-corrected chi connectivity index (χ2v) is 10.1. The summed E-state index contributed by atoms with van der Waals surface area (Å²) in [5.74, 6) is 0.126. The maximum absolute atomic E-state index is 13.2. The van der Waals surface area contributed by atoms with Crippen molar-refractivity contribution >= 4 is 38.5 Å². The minimum atomic E-state index is -3.78. The molecule has 2 aromatic heterocycles. The second kappa shape index (κ2) is 9.38. The smallest absolute Gasteiger partial charge is 0.264 e. The van der Waals surface area contributed by atoms with Gasteiger partial charge in [-0.25, -0.2) is 23.1 Å². The molecule has 0 spiro atoms. The van der Waals surface area contributed by atoms with Gasteiger partial charge in [0.2, 0.25) is 11.9 Å². The number of para-hydroxylation sites is 1. The van der Waals surface area contributed by atoms with E-state index < -0.39 is 10.0 Å². The van der Waals surface area contributed by atoms with Gasteiger partial charge in [-0.3, -0.25) is 4.79 Å². The fraction of sp³-hybridized carbons (Fsp3) is 0.240. The molecular weight excluding hydrogens is 464 g/mol. The molecule has 2 aromatic carbocycles. The molecule has 1 fully saturated rings. The molecule has 3 heterocycles. The lowest BCUT2D eigenvalue weighted by atomic mass is 10.2. The monoisotopic (exact) mass is 492 g/mol. The quantitative estimate of drug-likeness (QED) is 0.443. The standard InChI is InChI=1S/C25H26N6O3S.H2/c1-19(31-14-11-20-5-2-3-6-23(20)31)24(32)30-17-15-29(16-18-30)21-7-9-22(10-8-21)35(33,34)28-25-26-12-4-13-27-25;/h2-14,19H,15-18H2,1H3,(H,26,27,28);1H/t19-;/m0./s1. The molecule has 1 amide bonds. The Bertz CT molecular complexity index is 1440. The van der Waals surface area contributed by atoms with Crippen LogP contribution in [0.1, 0.15) is 14.4 Å². The van der Waals surface area contributed by atoms with E-state index in [0.29, 0.717) is 26.2 Å². The average Bonchev–Trinajstić information content (AvgIpc) is 3.33. The molecular formula is C25H28N6O3S. The number of carbonyl (C=O) groups excluding carboxylic acids is 1. The zero-order valence-electron chi connectivity index (χ0n) is 19.3. The first-order chi connectivity index (χ1) is 16.9. The van der Waals surface area contributed by atoms with Crippen molar-refractivity contribution in [2.24, 2.45) is 0 Å². The number of hydrogen-bond donors (Lipinski definition) is 1. The minimum absolute atomic E-state index is 0. The molecule has 0 bridgehead atoms. The lowest BCUT2D eigenvalue weighted by molar-refractivity contribution is -0.134. The van der Waals surface area contributed by atoms with Crippen LogP contribution in [0.25, 0.3) is 10.9 Å². The molecule has 10 heteroatoms. The van der Waals surface area contributed by atoms with Crippen LogP contribution < -0.4 is 9.62 Å². The van der Waals surface area contributed by atoms with Gasteiger partial charge >= 0.3 is 0 Å². The van der Waals surface area contributed by atoms with Gasteiger partial charge in [-0.1, -0.05) is 18.2 Å². The van der Waals surface area contributed by atoms with E-state index in [0.717, 1.165) is 16.6 Å². The van der Waals surface area contributed by atoms with Crippen molar-refractivity contribution in [2.45, 2.75) is 17.9 Å². The van der Waals surface area contributed by atoms with Crippen molar-refractivity contribution in [3.05, 3.63) is 79.3 Å². The summed E-state index contributed by atoms with van der Waals surface area (Å²) in [7, 11) is -3.78. The van der Waals surface area contributed by atoms with Gasteiger partial charge in [0.25, 0.3) is 10.0 Å². The Kier molecular flexibility index (Phi) is 6.12. The molecule has 0 radical (unpaired) electrons. The maximum Gasteiger partial charge on any atom is 0.264 e. The van der Waals surface area contributed by atoms with Crippen molar-refractivity contribution in [3.63, 3.8) is 0 Å². The van der Waals surface area contributed by atoms with Gasteiger partial charge in [0, 0.05) is 57.4 Å². The third-order valence-corrected chi connectivity index (χ3v) is 7.64. The van der Waals surface area contributed by atoms with Gasteiger partial charge < -0.3 is 14.4 Å². The van der Waals surface area contributed by atoms with Crippen LogP contribution in [0.4, 0.5) is 11.6 Å². The lowest BCUT2D eigenvalue weighted by Crippen LogP contribution is -2.50. The molecule has 35 heavy (non-hydrogen) atoms. The van der Waals surface area contributed by atoms with E-state index in [2.05, 4.69) is 19.6 Å². The van der Waals surface area contributed by atoms with E-state index in [1.807, 2.05) is 52.9 Å². The second-order valence-electron chi connectivity index (χ2n) is 8.44. The van der Waals surface area contributed by atoms with Gasteiger partial charge in [-0.15, -0.1) is 0 Å². The van der Waals surface area contributed by atoms with Crippen LogP contribution in [0.5, 0.6) is 0 Å². The lowest BCUT2D eigenvalue weighted by Gasteiger charge is -2.37. The zero-order valence-corrected chi connectivity index (χ0v) is 20.1. The van der Waals surface area contributed by atoms with Crippen molar-refractivity contribution in [1.82, 2.24) is 19.4 Å². The van der Waals surface area contributed by atoms with E-state index in [1.165, 1.54) is 12.4 Å². The largest absolute Gasteiger partial charge is 0.368 e. The summed E-state index contributed by atoms with van der Waals surface area (Å²) in [5.41, 5.74) is 1.96. The number of piperazine rings is 1. The van der Waals surface area contributed by atoms with Crippen LogP contribution in [-0.4, -0.2) is 59.9 Å². The molecule has 182 valence electrons. The number of carbonyl (C=O) groups is 1. The number of fused-ring (bicyclic) bond motifs is 1. The molecule has 1 aliphatic heterocycles. The van der Waals surface area contributed by atoms with E-state index in [9.17, 15) is 13.2 Å². The summed E-state index contributed by atoms with van der Waals surface area (Å²) in [6, 6.07) is 18.1. The Morgan fingerprint density at radius 1 is 0.943 bits per heavy atom. The SMILES string of the molecule is C[C@@H](C(=O)N1CCN(c2ccc(S(=O)(=O)Nc3ncccn3)cc2)CC1)n1ccc2ccccc21.[HH]. The highest BCUT2D eigenvalue weighted by Crippen LogP contribution is 2.24. The summed E-state index contributed by atoms with van der Waals surface area (Å²) in [6.07, 6.45) is 4.91.